The summed E-state index contributed by atoms with van der Waals surface area (Å²) in [7, 11) is 1.58. The monoisotopic (exact) mass is 282 g/mol. The Bertz CT molecular complexity index is 450. The van der Waals surface area contributed by atoms with Crippen LogP contribution in [-0.2, 0) is 20.9 Å². The molecule has 0 aliphatic heterocycles. The molecular formula is C13H18N2O5. The number of benzene rings is 1. The molecule has 7 nitrogen and oxygen atoms in total. The van der Waals surface area contributed by atoms with Crippen LogP contribution in [0.4, 0.5) is 10.5 Å². The highest BCUT2D eigenvalue weighted by molar-refractivity contribution is 5.90. The number of carboxylic acid groups (broad SMARTS) is 1. The highest BCUT2D eigenvalue weighted by atomic mass is 16.5. The average molecular weight is 282 g/mol. The third-order valence-corrected chi connectivity index (χ3v) is 2.32. The molecular weight excluding hydrogens is 264 g/mol. The van der Waals surface area contributed by atoms with E-state index in [0.717, 1.165) is 5.56 Å². The molecule has 1 rings (SSSR count). The Balaban J connectivity index is 2.33. The first kappa shape index (κ1) is 15.9. The van der Waals surface area contributed by atoms with Gasteiger partial charge in [-0.1, -0.05) is 18.2 Å². The lowest BCUT2D eigenvalue weighted by molar-refractivity contribution is -0.142. The van der Waals surface area contributed by atoms with E-state index in [9.17, 15) is 9.59 Å². The Labute approximate surface area is 116 Å². The van der Waals surface area contributed by atoms with Gasteiger partial charge in [-0.2, -0.15) is 0 Å². The van der Waals surface area contributed by atoms with Gasteiger partial charge in [-0.05, 0) is 6.07 Å². The first-order valence-corrected chi connectivity index (χ1v) is 6.04. The molecule has 2 amide bonds. The van der Waals surface area contributed by atoms with E-state index < -0.39 is 5.97 Å². The minimum Gasteiger partial charge on any atom is -0.480 e. The Hall–Kier alpha value is -2.12. The highest BCUT2D eigenvalue weighted by Crippen LogP contribution is 2.15. The Morgan fingerprint density at radius 1 is 1.30 bits per heavy atom. The molecule has 0 saturated heterocycles. The van der Waals surface area contributed by atoms with E-state index in [-0.39, 0.29) is 25.8 Å². The molecule has 0 bridgehead atoms. The van der Waals surface area contributed by atoms with Gasteiger partial charge in [-0.15, -0.1) is 0 Å². The van der Waals surface area contributed by atoms with E-state index in [1.807, 2.05) is 18.2 Å². The maximum Gasteiger partial charge on any atom is 0.329 e. The molecule has 0 saturated carbocycles. The molecule has 7 heteroatoms. The van der Waals surface area contributed by atoms with Gasteiger partial charge in [0.05, 0.1) is 13.2 Å². The van der Waals surface area contributed by atoms with Crippen molar-refractivity contribution >= 4 is 17.7 Å². The molecule has 0 atom stereocenters. The molecule has 3 N–H and O–H groups in total. The fraction of sp³-hybridized carbons (Fsp3) is 0.385. The second-order valence-electron chi connectivity index (χ2n) is 3.92. The number of nitrogens with one attached hydrogen (secondary N) is 2. The normalized spacial score (nSPS) is 10.1. The number of carboxylic acids is 1. The number of methoxy groups -OCH3 is 1. The van der Waals surface area contributed by atoms with E-state index in [1.165, 1.54) is 0 Å². The number of rotatable bonds is 8. The topological polar surface area (TPSA) is 96.9 Å². The van der Waals surface area contributed by atoms with Crippen LogP contribution >= 0.6 is 0 Å². The number of anilines is 1. The summed E-state index contributed by atoms with van der Waals surface area (Å²) >= 11 is 0. The molecule has 110 valence electrons. The van der Waals surface area contributed by atoms with Crippen molar-refractivity contribution in [2.75, 3.05) is 32.2 Å². The second kappa shape index (κ2) is 8.89. The van der Waals surface area contributed by atoms with Crippen LogP contribution in [0.5, 0.6) is 0 Å². The summed E-state index contributed by atoms with van der Waals surface area (Å²) in [5.41, 5.74) is 1.53. The van der Waals surface area contributed by atoms with Gasteiger partial charge in [-0.25, -0.2) is 9.59 Å². The first-order chi connectivity index (χ1) is 9.63. The molecule has 0 aromatic heterocycles. The number of aliphatic carboxylic acids is 1. The van der Waals surface area contributed by atoms with Crippen LogP contribution in [0.3, 0.4) is 0 Å². The van der Waals surface area contributed by atoms with Crippen molar-refractivity contribution < 1.29 is 24.2 Å². The van der Waals surface area contributed by atoms with Gasteiger partial charge >= 0.3 is 12.0 Å². The zero-order valence-corrected chi connectivity index (χ0v) is 11.2. The molecule has 1 aromatic carbocycles. The smallest absolute Gasteiger partial charge is 0.329 e. The summed E-state index contributed by atoms with van der Waals surface area (Å²) in [5.74, 6) is -1.04. The molecule has 0 aliphatic carbocycles. The molecule has 0 heterocycles. The van der Waals surface area contributed by atoms with Crippen LogP contribution in [0.15, 0.2) is 24.3 Å². The number of carbonyl (C=O) groups excluding carboxylic acids is 1. The molecule has 0 spiro atoms. The number of hydrogen-bond acceptors (Lipinski definition) is 4. The molecule has 0 radical (unpaired) electrons. The van der Waals surface area contributed by atoms with Crippen molar-refractivity contribution in [3.05, 3.63) is 29.8 Å². The van der Waals surface area contributed by atoms with Gasteiger partial charge < -0.3 is 25.2 Å². The number of amides is 2. The van der Waals surface area contributed by atoms with Gasteiger partial charge in [0.25, 0.3) is 0 Å². The standard InChI is InChI=1S/C13H18N2O5/c1-19-8-10-4-2-3-5-11(10)15-13(18)14-6-7-20-9-12(16)17/h2-5H,6-9H2,1H3,(H,16,17)(H2,14,15,18). The van der Waals surface area contributed by atoms with E-state index >= 15 is 0 Å². The first-order valence-electron chi connectivity index (χ1n) is 6.04. The highest BCUT2D eigenvalue weighted by Gasteiger charge is 2.05. The van der Waals surface area contributed by atoms with Crippen molar-refractivity contribution in [1.82, 2.24) is 5.32 Å². The number of carbonyl (C=O) groups is 2. The Morgan fingerprint density at radius 2 is 2.05 bits per heavy atom. The SMILES string of the molecule is COCc1ccccc1NC(=O)NCCOCC(=O)O. The number of para-hydroxylation sites is 1. The van der Waals surface area contributed by atoms with E-state index in [0.29, 0.717) is 12.3 Å². The van der Waals surface area contributed by atoms with Gasteiger partial charge in [-0.3, -0.25) is 0 Å². The lowest BCUT2D eigenvalue weighted by atomic mass is 10.2. The van der Waals surface area contributed by atoms with Gasteiger partial charge in [0.15, 0.2) is 0 Å². The van der Waals surface area contributed by atoms with Crippen molar-refractivity contribution in [2.24, 2.45) is 0 Å². The lowest BCUT2D eigenvalue weighted by Crippen LogP contribution is -2.32. The van der Waals surface area contributed by atoms with Crippen LogP contribution in [0.2, 0.25) is 0 Å². The van der Waals surface area contributed by atoms with Gasteiger partial charge in [0, 0.05) is 24.9 Å². The van der Waals surface area contributed by atoms with Crippen molar-refractivity contribution in [2.45, 2.75) is 6.61 Å². The zero-order valence-electron chi connectivity index (χ0n) is 11.2. The predicted octanol–water partition coefficient (Wildman–Crippen LogP) is 1.06. The summed E-state index contributed by atoms with van der Waals surface area (Å²) in [4.78, 5) is 21.8. The summed E-state index contributed by atoms with van der Waals surface area (Å²) in [6.45, 7) is 0.392. The summed E-state index contributed by atoms with van der Waals surface area (Å²) in [5, 5.41) is 13.6. The number of hydrogen-bond donors (Lipinski definition) is 3. The molecule has 0 unspecified atom stereocenters. The van der Waals surface area contributed by atoms with Crippen molar-refractivity contribution in [1.29, 1.82) is 0 Å². The van der Waals surface area contributed by atoms with Crippen LogP contribution in [0, 0.1) is 0 Å². The fourth-order valence-corrected chi connectivity index (χ4v) is 1.49. The van der Waals surface area contributed by atoms with Crippen LogP contribution < -0.4 is 10.6 Å². The van der Waals surface area contributed by atoms with Crippen molar-refractivity contribution in [3.8, 4) is 0 Å². The zero-order chi connectivity index (χ0) is 14.8. The van der Waals surface area contributed by atoms with Crippen LogP contribution in [0.25, 0.3) is 0 Å². The van der Waals surface area contributed by atoms with Crippen LogP contribution in [-0.4, -0.2) is 44.0 Å². The Morgan fingerprint density at radius 3 is 2.75 bits per heavy atom. The third-order valence-electron chi connectivity index (χ3n) is 2.32. The summed E-state index contributed by atoms with van der Waals surface area (Å²) < 4.78 is 9.83. The second-order valence-corrected chi connectivity index (χ2v) is 3.92. The number of urea groups is 1. The maximum absolute atomic E-state index is 11.6. The third kappa shape index (κ3) is 6.17. The van der Waals surface area contributed by atoms with E-state index in [2.05, 4.69) is 10.6 Å². The van der Waals surface area contributed by atoms with Crippen molar-refractivity contribution in [3.63, 3.8) is 0 Å². The summed E-state index contributed by atoms with van der Waals surface area (Å²) in [6, 6.07) is 6.92. The fourth-order valence-electron chi connectivity index (χ4n) is 1.49. The Kier molecular flexibility index (Phi) is 7.08. The summed E-state index contributed by atoms with van der Waals surface area (Å²) in [6.07, 6.45) is 0. The number of ether oxygens (including phenoxy) is 2. The minimum absolute atomic E-state index is 0.138. The van der Waals surface area contributed by atoms with E-state index in [4.69, 9.17) is 14.6 Å². The molecule has 1 aromatic rings. The maximum atomic E-state index is 11.6. The quantitative estimate of drug-likeness (QED) is 0.619. The van der Waals surface area contributed by atoms with Crippen LogP contribution in [0.1, 0.15) is 5.56 Å². The molecule has 0 aliphatic rings. The minimum atomic E-state index is -1.04. The van der Waals surface area contributed by atoms with Gasteiger partial charge in [0.2, 0.25) is 0 Å². The van der Waals surface area contributed by atoms with E-state index in [1.54, 1.807) is 13.2 Å². The largest absolute Gasteiger partial charge is 0.480 e. The molecule has 20 heavy (non-hydrogen) atoms. The predicted molar refractivity (Wildman–Crippen MR) is 72.6 cm³/mol. The molecule has 0 fully saturated rings. The lowest BCUT2D eigenvalue weighted by Gasteiger charge is -2.11. The van der Waals surface area contributed by atoms with Gasteiger partial charge in [0.1, 0.15) is 6.61 Å². The average Bonchev–Trinajstić information content (AvgIpc) is 2.40.